The van der Waals surface area contributed by atoms with E-state index in [-0.39, 0.29) is 11.9 Å². The van der Waals surface area contributed by atoms with Crippen LogP contribution in [0.3, 0.4) is 0 Å². The van der Waals surface area contributed by atoms with E-state index in [4.69, 9.17) is 16.3 Å². The topological polar surface area (TPSA) is 54.5 Å². The third-order valence-electron chi connectivity index (χ3n) is 4.40. The fourth-order valence-electron chi connectivity index (χ4n) is 3.18. The van der Waals surface area contributed by atoms with Crippen molar-refractivity contribution < 1.29 is 9.53 Å². The van der Waals surface area contributed by atoms with Crippen molar-refractivity contribution in [2.24, 2.45) is 0 Å². The number of halogens is 1. The summed E-state index contributed by atoms with van der Waals surface area (Å²) in [6, 6.07) is 7.34. The van der Waals surface area contributed by atoms with Crippen LogP contribution in [-0.2, 0) is 4.74 Å². The number of benzene rings is 1. The molecule has 0 saturated carbocycles. The van der Waals surface area contributed by atoms with E-state index in [9.17, 15) is 4.79 Å². The molecule has 24 heavy (non-hydrogen) atoms. The summed E-state index contributed by atoms with van der Waals surface area (Å²) in [5.74, 6) is -0.0525. The predicted octanol–water partition coefficient (Wildman–Crippen LogP) is 2.73. The molecular weight excluding hydrogens is 326 g/mol. The minimum Gasteiger partial charge on any atom is -0.383 e. The minimum atomic E-state index is -0.0525. The fraction of sp³-hybridized carbons (Fsp3) is 0.444. The molecule has 5 nitrogen and oxygen atoms in total. The summed E-state index contributed by atoms with van der Waals surface area (Å²) in [6.07, 6.45) is 3.74. The highest BCUT2D eigenvalue weighted by atomic mass is 35.5. The normalized spacial score (nSPS) is 18.7. The van der Waals surface area contributed by atoms with Gasteiger partial charge in [0.2, 0.25) is 0 Å². The maximum atomic E-state index is 12.7. The van der Waals surface area contributed by atoms with Gasteiger partial charge in [-0.1, -0.05) is 17.7 Å². The molecule has 1 aliphatic rings. The van der Waals surface area contributed by atoms with Crippen LogP contribution in [0.15, 0.2) is 30.5 Å². The van der Waals surface area contributed by atoms with Gasteiger partial charge in [-0.2, -0.15) is 0 Å². The number of rotatable bonds is 5. The van der Waals surface area contributed by atoms with Crippen LogP contribution in [0.2, 0.25) is 5.02 Å². The molecule has 1 atom stereocenters. The zero-order valence-electron chi connectivity index (χ0n) is 13.8. The van der Waals surface area contributed by atoms with Crippen LogP contribution >= 0.6 is 11.6 Å². The molecule has 1 amide bonds. The Balaban J connectivity index is 1.71. The Morgan fingerprint density at radius 3 is 3.17 bits per heavy atom. The zero-order chi connectivity index (χ0) is 16.9. The Labute approximate surface area is 146 Å². The number of hydrogen-bond acceptors (Lipinski definition) is 4. The molecule has 1 saturated heterocycles. The average molecular weight is 348 g/mol. The lowest BCUT2D eigenvalue weighted by Crippen LogP contribution is -2.48. The van der Waals surface area contributed by atoms with Crippen molar-refractivity contribution in [3.8, 4) is 0 Å². The number of aromatic nitrogens is 1. The van der Waals surface area contributed by atoms with E-state index in [1.54, 1.807) is 31.5 Å². The summed E-state index contributed by atoms with van der Waals surface area (Å²) in [5, 5.41) is 4.61. The third kappa shape index (κ3) is 4.04. The quantitative estimate of drug-likeness (QED) is 0.903. The van der Waals surface area contributed by atoms with Gasteiger partial charge in [-0.15, -0.1) is 0 Å². The molecule has 3 rings (SSSR count). The first-order valence-corrected chi connectivity index (χ1v) is 8.61. The van der Waals surface area contributed by atoms with Gasteiger partial charge in [0.15, 0.2) is 0 Å². The second-order valence-corrected chi connectivity index (χ2v) is 6.56. The van der Waals surface area contributed by atoms with Gasteiger partial charge in [0, 0.05) is 42.8 Å². The lowest BCUT2D eigenvalue weighted by atomic mass is 10.0. The van der Waals surface area contributed by atoms with Gasteiger partial charge < -0.3 is 10.1 Å². The van der Waals surface area contributed by atoms with Crippen LogP contribution < -0.4 is 5.32 Å². The van der Waals surface area contributed by atoms with Crippen LogP contribution in [0.5, 0.6) is 0 Å². The molecule has 1 aromatic heterocycles. The Morgan fingerprint density at radius 2 is 2.33 bits per heavy atom. The molecule has 0 spiro atoms. The monoisotopic (exact) mass is 347 g/mol. The Kier molecular flexibility index (Phi) is 5.66. The third-order valence-corrected chi connectivity index (χ3v) is 4.64. The van der Waals surface area contributed by atoms with Crippen LogP contribution in [0.1, 0.15) is 23.2 Å². The van der Waals surface area contributed by atoms with Gasteiger partial charge >= 0.3 is 0 Å². The smallest absolute Gasteiger partial charge is 0.252 e. The maximum absolute atomic E-state index is 12.7. The number of nitrogens with zero attached hydrogens (tertiary/aromatic N) is 2. The van der Waals surface area contributed by atoms with Gasteiger partial charge in [-0.05, 0) is 37.6 Å². The highest BCUT2D eigenvalue weighted by Crippen LogP contribution is 2.21. The van der Waals surface area contributed by atoms with Crippen molar-refractivity contribution in [1.82, 2.24) is 15.2 Å². The molecule has 2 heterocycles. The molecule has 2 aromatic rings. The number of likely N-dealkylation sites (tertiary alicyclic amines) is 1. The summed E-state index contributed by atoms with van der Waals surface area (Å²) in [4.78, 5) is 19.3. The maximum Gasteiger partial charge on any atom is 0.252 e. The Bertz CT molecular complexity index is 722. The summed E-state index contributed by atoms with van der Waals surface area (Å²) in [5.41, 5.74) is 1.38. The summed E-state index contributed by atoms with van der Waals surface area (Å²) in [7, 11) is 1.71. The molecule has 1 unspecified atom stereocenters. The van der Waals surface area contributed by atoms with Gasteiger partial charge in [0.25, 0.3) is 5.91 Å². The van der Waals surface area contributed by atoms with Crippen molar-refractivity contribution in [3.05, 3.63) is 41.0 Å². The molecular formula is C18H22ClN3O2. The Morgan fingerprint density at radius 1 is 1.46 bits per heavy atom. The molecule has 1 aromatic carbocycles. The van der Waals surface area contributed by atoms with Crippen LogP contribution in [0, 0.1) is 0 Å². The van der Waals surface area contributed by atoms with E-state index in [1.165, 1.54) is 0 Å². The zero-order valence-corrected chi connectivity index (χ0v) is 14.6. The van der Waals surface area contributed by atoms with Crippen molar-refractivity contribution in [3.63, 3.8) is 0 Å². The Hall–Kier alpha value is -1.69. The minimum absolute atomic E-state index is 0.0525. The SMILES string of the molecule is COCCN1CCCC(NC(=O)c2ccnc3cc(Cl)ccc23)C1. The van der Waals surface area contributed by atoms with Gasteiger partial charge in [0.1, 0.15) is 0 Å². The first kappa shape index (κ1) is 17.1. The molecule has 6 heteroatoms. The standard InChI is InChI=1S/C18H22ClN3O2/c1-24-10-9-22-8-2-3-14(12-22)21-18(23)16-6-7-20-17-11-13(19)4-5-15(16)17/h4-7,11,14H,2-3,8-10,12H2,1H3,(H,21,23). The second kappa shape index (κ2) is 7.92. The number of pyridine rings is 1. The molecule has 0 bridgehead atoms. The van der Waals surface area contributed by atoms with Crippen molar-refractivity contribution >= 4 is 28.4 Å². The van der Waals surface area contributed by atoms with Crippen LogP contribution in [0.4, 0.5) is 0 Å². The summed E-state index contributed by atoms with van der Waals surface area (Å²) in [6.45, 7) is 3.55. The van der Waals surface area contributed by atoms with Crippen LogP contribution in [-0.4, -0.2) is 55.2 Å². The highest BCUT2D eigenvalue weighted by molar-refractivity contribution is 6.31. The van der Waals surface area contributed by atoms with E-state index >= 15 is 0 Å². The highest BCUT2D eigenvalue weighted by Gasteiger charge is 2.22. The van der Waals surface area contributed by atoms with Crippen molar-refractivity contribution in [2.75, 3.05) is 33.4 Å². The van der Waals surface area contributed by atoms with E-state index in [0.29, 0.717) is 10.6 Å². The van der Waals surface area contributed by atoms with Gasteiger partial charge in [0.05, 0.1) is 17.7 Å². The first-order chi connectivity index (χ1) is 11.7. The van der Waals surface area contributed by atoms with E-state index < -0.39 is 0 Å². The number of amides is 1. The number of carbonyl (C=O) groups is 1. The second-order valence-electron chi connectivity index (χ2n) is 6.13. The van der Waals surface area contributed by atoms with E-state index in [1.807, 2.05) is 6.07 Å². The number of methoxy groups -OCH3 is 1. The fourth-order valence-corrected chi connectivity index (χ4v) is 3.35. The lowest BCUT2D eigenvalue weighted by Gasteiger charge is -2.33. The molecule has 1 aliphatic heterocycles. The summed E-state index contributed by atoms with van der Waals surface area (Å²) >= 11 is 6.01. The number of fused-ring (bicyclic) bond motifs is 1. The number of ether oxygens (including phenoxy) is 1. The van der Waals surface area contributed by atoms with E-state index in [0.717, 1.165) is 50.0 Å². The predicted molar refractivity (Wildman–Crippen MR) is 95.6 cm³/mol. The van der Waals surface area contributed by atoms with Crippen LogP contribution in [0.25, 0.3) is 10.9 Å². The largest absolute Gasteiger partial charge is 0.383 e. The number of nitrogens with one attached hydrogen (secondary N) is 1. The average Bonchev–Trinajstić information content (AvgIpc) is 2.59. The molecule has 1 N–H and O–H groups in total. The lowest BCUT2D eigenvalue weighted by molar-refractivity contribution is 0.0880. The first-order valence-electron chi connectivity index (χ1n) is 8.24. The van der Waals surface area contributed by atoms with Gasteiger partial charge in [-0.25, -0.2) is 0 Å². The molecule has 1 fully saturated rings. The molecule has 0 radical (unpaired) electrons. The van der Waals surface area contributed by atoms with Gasteiger partial charge in [-0.3, -0.25) is 14.7 Å². The number of piperidine rings is 1. The van der Waals surface area contributed by atoms with Crippen molar-refractivity contribution in [1.29, 1.82) is 0 Å². The van der Waals surface area contributed by atoms with E-state index in [2.05, 4.69) is 15.2 Å². The number of carbonyl (C=O) groups excluding carboxylic acids is 1. The number of hydrogen-bond donors (Lipinski definition) is 1. The molecule has 128 valence electrons. The summed E-state index contributed by atoms with van der Waals surface area (Å²) < 4.78 is 5.14. The van der Waals surface area contributed by atoms with Crippen molar-refractivity contribution in [2.45, 2.75) is 18.9 Å². The molecule has 0 aliphatic carbocycles.